The molecule has 0 fully saturated rings. The Hall–Kier alpha value is -3.37. The van der Waals surface area contributed by atoms with Crippen LogP contribution in [-0.4, -0.2) is 34.1 Å². The van der Waals surface area contributed by atoms with E-state index in [1.807, 2.05) is 30.5 Å². The van der Waals surface area contributed by atoms with Gasteiger partial charge in [0.1, 0.15) is 5.75 Å². The molecule has 0 radical (unpaired) electrons. The molecule has 0 saturated carbocycles. The molecule has 0 saturated heterocycles. The number of alkyl halides is 2. The summed E-state index contributed by atoms with van der Waals surface area (Å²) in [5.74, 6) is -0.264. The van der Waals surface area contributed by atoms with E-state index in [1.165, 1.54) is 28.8 Å². The zero-order valence-corrected chi connectivity index (χ0v) is 19.5. The summed E-state index contributed by atoms with van der Waals surface area (Å²) in [4.78, 5) is 31.5. The molecule has 3 aromatic carbocycles. The zero-order chi connectivity index (χ0) is 24.1. The molecule has 1 heterocycles. The normalized spacial score (nSPS) is 11.1. The Labute approximate surface area is 202 Å². The van der Waals surface area contributed by atoms with Gasteiger partial charge >= 0.3 is 6.61 Å². The molecule has 0 spiro atoms. The second kappa shape index (κ2) is 10.7. The first-order chi connectivity index (χ1) is 16.4. The van der Waals surface area contributed by atoms with Gasteiger partial charge in [-0.2, -0.15) is 8.78 Å². The predicted molar refractivity (Wildman–Crippen MR) is 132 cm³/mol. The molecule has 1 N–H and O–H groups in total. The second-order valence-corrected chi connectivity index (χ2v) is 8.81. The lowest BCUT2D eigenvalue weighted by Gasteiger charge is -2.14. The van der Waals surface area contributed by atoms with E-state index in [9.17, 15) is 18.4 Å². The minimum atomic E-state index is -2.95. The van der Waals surface area contributed by atoms with Gasteiger partial charge in [0.2, 0.25) is 5.91 Å². The second-order valence-electron chi connectivity index (χ2n) is 6.99. The molecule has 10 heteroatoms. The van der Waals surface area contributed by atoms with Gasteiger partial charge in [-0.25, -0.2) is 4.98 Å². The maximum atomic E-state index is 13.3. The number of hydrogen-bond donors (Lipinski definition) is 1. The van der Waals surface area contributed by atoms with E-state index in [0.29, 0.717) is 27.4 Å². The van der Waals surface area contributed by atoms with Crippen LogP contribution in [0.25, 0.3) is 16.6 Å². The van der Waals surface area contributed by atoms with Crippen molar-refractivity contribution < 1.29 is 18.3 Å². The molecule has 6 nitrogen and oxygen atoms in total. The average Bonchev–Trinajstić information content (AvgIpc) is 2.84. The highest BCUT2D eigenvalue weighted by Crippen LogP contribution is 2.24. The van der Waals surface area contributed by atoms with Crippen LogP contribution in [0, 0.1) is 0 Å². The minimum absolute atomic E-state index is 0.0155. The van der Waals surface area contributed by atoms with Crippen LogP contribution in [0.5, 0.6) is 5.75 Å². The third-order valence-corrected chi connectivity index (χ3v) is 6.45. The smallest absolute Gasteiger partial charge is 0.387 e. The van der Waals surface area contributed by atoms with Crippen molar-refractivity contribution in [2.24, 2.45) is 0 Å². The summed E-state index contributed by atoms with van der Waals surface area (Å²) in [5.41, 5.74) is 1.25. The lowest BCUT2D eigenvalue weighted by molar-refractivity contribution is -0.113. The van der Waals surface area contributed by atoms with Crippen LogP contribution in [0.2, 0.25) is 0 Å². The number of nitrogens with one attached hydrogen (secondary N) is 1. The van der Waals surface area contributed by atoms with Gasteiger partial charge in [0, 0.05) is 10.6 Å². The number of amides is 1. The van der Waals surface area contributed by atoms with Gasteiger partial charge in [-0.15, -0.1) is 11.8 Å². The summed E-state index contributed by atoms with van der Waals surface area (Å²) in [5, 5.41) is 3.53. The highest BCUT2D eigenvalue weighted by molar-refractivity contribution is 7.99. The van der Waals surface area contributed by atoms with Crippen molar-refractivity contribution in [3.8, 4) is 11.4 Å². The number of hydrogen-bond acceptors (Lipinski definition) is 6. The molecule has 1 aromatic heterocycles. The van der Waals surface area contributed by atoms with E-state index in [0.717, 1.165) is 16.7 Å². The van der Waals surface area contributed by atoms with Crippen molar-refractivity contribution in [2.45, 2.75) is 16.7 Å². The van der Waals surface area contributed by atoms with Gasteiger partial charge in [-0.05, 0) is 66.9 Å². The number of carbonyl (C=O) groups is 1. The van der Waals surface area contributed by atoms with Crippen molar-refractivity contribution in [1.29, 1.82) is 0 Å². The third-order valence-electron chi connectivity index (χ3n) is 4.77. The number of anilines is 1. The molecule has 174 valence electrons. The molecule has 0 aliphatic carbocycles. The van der Waals surface area contributed by atoms with Crippen LogP contribution in [0.15, 0.2) is 87.6 Å². The molecule has 4 aromatic rings. The monoisotopic (exact) mass is 499 g/mol. The molecule has 34 heavy (non-hydrogen) atoms. The van der Waals surface area contributed by atoms with E-state index in [2.05, 4.69) is 15.0 Å². The van der Waals surface area contributed by atoms with Crippen LogP contribution < -0.4 is 15.6 Å². The van der Waals surface area contributed by atoms with Gasteiger partial charge in [0.15, 0.2) is 5.16 Å². The summed E-state index contributed by atoms with van der Waals surface area (Å²) >= 11 is 2.71. The number of carbonyl (C=O) groups excluding carboxylic acids is 1. The average molecular weight is 500 g/mol. The number of rotatable bonds is 8. The van der Waals surface area contributed by atoms with Gasteiger partial charge < -0.3 is 10.1 Å². The summed E-state index contributed by atoms with van der Waals surface area (Å²) in [6.07, 6.45) is 1.97. The summed E-state index contributed by atoms with van der Waals surface area (Å²) in [6, 6.07) is 20.0. The molecular formula is C24H19F2N3O3S2. The van der Waals surface area contributed by atoms with Crippen molar-refractivity contribution in [1.82, 2.24) is 9.55 Å². The molecule has 0 aliphatic heterocycles. The first kappa shape index (κ1) is 23.8. The maximum absolute atomic E-state index is 13.3. The van der Waals surface area contributed by atoms with Crippen molar-refractivity contribution >= 4 is 46.0 Å². The quantitative estimate of drug-likeness (QED) is 0.257. The van der Waals surface area contributed by atoms with E-state index in [4.69, 9.17) is 0 Å². The fourth-order valence-electron chi connectivity index (χ4n) is 3.22. The van der Waals surface area contributed by atoms with E-state index in [-0.39, 0.29) is 23.0 Å². The number of benzene rings is 3. The van der Waals surface area contributed by atoms with Gasteiger partial charge in [0.25, 0.3) is 5.56 Å². The molecule has 4 rings (SSSR count). The summed E-state index contributed by atoms with van der Waals surface area (Å²) in [7, 11) is 0. The van der Waals surface area contributed by atoms with Crippen molar-refractivity contribution in [2.75, 3.05) is 17.3 Å². The van der Waals surface area contributed by atoms with Crippen LogP contribution in [-0.2, 0) is 4.79 Å². The Bertz CT molecular complexity index is 1360. The summed E-state index contributed by atoms with van der Waals surface area (Å²) in [6.45, 7) is -2.95. The maximum Gasteiger partial charge on any atom is 0.387 e. The molecule has 0 atom stereocenters. The topological polar surface area (TPSA) is 73.2 Å². The number of aromatic nitrogens is 2. The van der Waals surface area contributed by atoms with Gasteiger partial charge in [-0.1, -0.05) is 23.9 Å². The molecule has 0 bridgehead atoms. The number of para-hydroxylation sites is 1. The SMILES string of the molecule is CSc1ccc(NC(=O)CSc2nc3ccccc3c(=O)n2-c2ccc(OC(F)F)cc2)cc1. The Morgan fingerprint density at radius 3 is 2.44 bits per heavy atom. The van der Waals surface area contributed by atoms with Crippen molar-refractivity contribution in [3.63, 3.8) is 0 Å². The predicted octanol–water partition coefficient (Wildman–Crippen LogP) is 5.44. The van der Waals surface area contributed by atoms with E-state index in [1.54, 1.807) is 36.0 Å². The number of halogens is 2. The van der Waals surface area contributed by atoms with Crippen LogP contribution in [0.4, 0.5) is 14.5 Å². The van der Waals surface area contributed by atoms with Gasteiger partial charge in [-0.3, -0.25) is 14.2 Å². The van der Waals surface area contributed by atoms with E-state index < -0.39 is 6.61 Å². The van der Waals surface area contributed by atoms with Crippen LogP contribution in [0.1, 0.15) is 0 Å². The number of nitrogens with zero attached hydrogens (tertiary/aromatic N) is 2. The first-order valence-corrected chi connectivity index (χ1v) is 12.3. The largest absolute Gasteiger partial charge is 0.435 e. The fourth-order valence-corrected chi connectivity index (χ4v) is 4.44. The highest BCUT2D eigenvalue weighted by atomic mass is 32.2. The zero-order valence-electron chi connectivity index (χ0n) is 17.9. The molecule has 0 aliphatic rings. The van der Waals surface area contributed by atoms with Gasteiger partial charge in [0.05, 0.1) is 22.3 Å². The van der Waals surface area contributed by atoms with Crippen LogP contribution in [0.3, 0.4) is 0 Å². The minimum Gasteiger partial charge on any atom is -0.435 e. The molecule has 0 unspecified atom stereocenters. The number of ether oxygens (including phenoxy) is 1. The molecular weight excluding hydrogens is 480 g/mol. The highest BCUT2D eigenvalue weighted by Gasteiger charge is 2.15. The van der Waals surface area contributed by atoms with Crippen molar-refractivity contribution in [3.05, 3.63) is 83.2 Å². The first-order valence-electron chi connectivity index (χ1n) is 10.1. The summed E-state index contributed by atoms with van der Waals surface area (Å²) < 4.78 is 30.7. The fraction of sp³-hybridized carbons (Fsp3) is 0.125. The Morgan fingerprint density at radius 1 is 1.06 bits per heavy atom. The number of fused-ring (bicyclic) bond motifs is 1. The Kier molecular flexibility index (Phi) is 7.49. The Balaban J connectivity index is 1.61. The number of thioether (sulfide) groups is 2. The lowest BCUT2D eigenvalue weighted by atomic mass is 10.2. The third kappa shape index (κ3) is 5.57. The lowest BCUT2D eigenvalue weighted by Crippen LogP contribution is -2.23. The Morgan fingerprint density at radius 2 is 1.76 bits per heavy atom. The van der Waals surface area contributed by atoms with Crippen LogP contribution >= 0.6 is 23.5 Å². The molecule has 1 amide bonds. The van der Waals surface area contributed by atoms with E-state index >= 15 is 0 Å². The standard InChI is InChI=1S/C24H19F2N3O3S2/c1-33-18-12-6-15(7-13-18)27-21(30)14-34-24-28-20-5-3-2-4-19(20)22(31)29(24)16-8-10-17(11-9-16)32-23(25)26/h2-13,23H,14H2,1H3,(H,27,30).